The van der Waals surface area contributed by atoms with Crippen LogP contribution in [0.5, 0.6) is 0 Å². The Hall–Kier alpha value is -1.33. The standard InChI is InChI=1S/C14H19N3OS/c1-2-17(9-11-4-3-7-18-11)14-16-12-6-5-10(15)8-13(12)19-14/h5-6,8,11H,2-4,7,9,15H2,1H3. The third-order valence-corrected chi connectivity index (χ3v) is 4.58. The number of benzene rings is 1. The fourth-order valence-electron chi connectivity index (χ4n) is 2.44. The minimum absolute atomic E-state index is 0.358. The van der Waals surface area contributed by atoms with Crippen molar-refractivity contribution in [3.63, 3.8) is 0 Å². The first kappa shape index (κ1) is 12.7. The van der Waals surface area contributed by atoms with E-state index in [9.17, 15) is 0 Å². The van der Waals surface area contributed by atoms with Gasteiger partial charge in [0.05, 0.1) is 16.3 Å². The van der Waals surface area contributed by atoms with Gasteiger partial charge in [-0.15, -0.1) is 0 Å². The number of nitrogens with zero attached hydrogens (tertiary/aromatic N) is 2. The van der Waals surface area contributed by atoms with Gasteiger partial charge < -0.3 is 15.4 Å². The predicted molar refractivity (Wildman–Crippen MR) is 80.9 cm³/mol. The maximum atomic E-state index is 5.82. The van der Waals surface area contributed by atoms with Gasteiger partial charge in [0, 0.05) is 25.4 Å². The molecule has 19 heavy (non-hydrogen) atoms. The van der Waals surface area contributed by atoms with Gasteiger partial charge in [0.2, 0.25) is 0 Å². The van der Waals surface area contributed by atoms with Crippen molar-refractivity contribution < 1.29 is 4.74 Å². The van der Waals surface area contributed by atoms with Gasteiger partial charge >= 0.3 is 0 Å². The lowest BCUT2D eigenvalue weighted by molar-refractivity contribution is 0.115. The van der Waals surface area contributed by atoms with Gasteiger partial charge in [-0.25, -0.2) is 4.98 Å². The molecule has 1 aromatic heterocycles. The highest BCUT2D eigenvalue weighted by molar-refractivity contribution is 7.22. The Bertz CT molecular complexity index is 563. The van der Waals surface area contributed by atoms with Crippen LogP contribution in [0.25, 0.3) is 10.2 Å². The second-order valence-electron chi connectivity index (χ2n) is 4.90. The normalized spacial score (nSPS) is 19.1. The number of rotatable bonds is 4. The average molecular weight is 277 g/mol. The first-order valence-electron chi connectivity index (χ1n) is 6.79. The molecule has 3 rings (SSSR count). The summed E-state index contributed by atoms with van der Waals surface area (Å²) in [6.07, 6.45) is 2.70. The van der Waals surface area contributed by atoms with Gasteiger partial charge in [-0.2, -0.15) is 0 Å². The van der Waals surface area contributed by atoms with Gasteiger partial charge in [0.15, 0.2) is 5.13 Å². The van der Waals surface area contributed by atoms with E-state index in [0.29, 0.717) is 6.10 Å². The summed E-state index contributed by atoms with van der Waals surface area (Å²) in [7, 11) is 0. The smallest absolute Gasteiger partial charge is 0.186 e. The highest BCUT2D eigenvalue weighted by Gasteiger charge is 2.20. The maximum absolute atomic E-state index is 5.82. The Labute approximate surface area is 117 Å². The summed E-state index contributed by atoms with van der Waals surface area (Å²) in [5.74, 6) is 0. The largest absolute Gasteiger partial charge is 0.399 e. The summed E-state index contributed by atoms with van der Waals surface area (Å²) >= 11 is 1.71. The Morgan fingerprint density at radius 2 is 2.42 bits per heavy atom. The second-order valence-corrected chi connectivity index (χ2v) is 5.91. The van der Waals surface area contributed by atoms with E-state index in [0.717, 1.165) is 47.2 Å². The van der Waals surface area contributed by atoms with E-state index in [1.54, 1.807) is 11.3 Å². The third-order valence-electron chi connectivity index (χ3n) is 3.50. The SMILES string of the molecule is CCN(CC1CCCO1)c1nc2ccc(N)cc2s1. The summed E-state index contributed by atoms with van der Waals surface area (Å²) in [5, 5.41) is 1.07. The van der Waals surface area contributed by atoms with E-state index in [2.05, 4.69) is 11.8 Å². The van der Waals surface area contributed by atoms with Crippen LogP contribution in [0.3, 0.4) is 0 Å². The lowest BCUT2D eigenvalue weighted by atomic mass is 10.2. The average Bonchev–Trinajstić information content (AvgIpc) is 3.03. The quantitative estimate of drug-likeness (QED) is 0.873. The van der Waals surface area contributed by atoms with E-state index < -0.39 is 0 Å². The Morgan fingerprint density at radius 1 is 1.53 bits per heavy atom. The predicted octanol–water partition coefficient (Wildman–Crippen LogP) is 2.88. The number of anilines is 2. The second kappa shape index (κ2) is 5.35. The Morgan fingerprint density at radius 3 is 3.16 bits per heavy atom. The van der Waals surface area contributed by atoms with Gasteiger partial charge in [-0.05, 0) is 38.0 Å². The van der Waals surface area contributed by atoms with E-state index in [1.165, 1.54) is 6.42 Å². The molecule has 1 aliphatic heterocycles. The minimum atomic E-state index is 0.358. The van der Waals surface area contributed by atoms with Gasteiger partial charge in [0.25, 0.3) is 0 Å². The summed E-state index contributed by atoms with van der Waals surface area (Å²) in [4.78, 5) is 7.00. The number of fused-ring (bicyclic) bond motifs is 1. The first-order chi connectivity index (χ1) is 9.26. The third kappa shape index (κ3) is 2.67. The number of likely N-dealkylation sites (N-methyl/N-ethyl adjacent to an activating group) is 1. The fraction of sp³-hybridized carbons (Fsp3) is 0.500. The molecule has 0 bridgehead atoms. The summed E-state index contributed by atoms with van der Waals surface area (Å²) in [5.41, 5.74) is 7.64. The molecule has 1 aromatic carbocycles. The lowest BCUT2D eigenvalue weighted by Gasteiger charge is -2.22. The molecule has 2 aromatic rings. The molecule has 0 saturated carbocycles. The van der Waals surface area contributed by atoms with Crippen LogP contribution in [0.1, 0.15) is 19.8 Å². The van der Waals surface area contributed by atoms with Gasteiger partial charge in [0.1, 0.15) is 0 Å². The molecule has 0 spiro atoms. The summed E-state index contributed by atoms with van der Waals surface area (Å²) in [6, 6.07) is 5.89. The highest BCUT2D eigenvalue weighted by atomic mass is 32.1. The van der Waals surface area contributed by atoms with Crippen molar-refractivity contribution >= 4 is 32.4 Å². The molecule has 2 heterocycles. The molecule has 0 radical (unpaired) electrons. The molecule has 2 N–H and O–H groups in total. The van der Waals surface area contributed by atoms with Crippen LogP contribution in [0.15, 0.2) is 18.2 Å². The van der Waals surface area contributed by atoms with E-state index in [1.807, 2.05) is 18.2 Å². The summed E-state index contributed by atoms with van der Waals surface area (Å²) < 4.78 is 6.87. The first-order valence-corrected chi connectivity index (χ1v) is 7.60. The van der Waals surface area contributed by atoms with Crippen molar-refractivity contribution in [3.05, 3.63) is 18.2 Å². The molecule has 1 unspecified atom stereocenters. The van der Waals surface area contributed by atoms with Crippen molar-refractivity contribution in [2.45, 2.75) is 25.9 Å². The monoisotopic (exact) mass is 277 g/mol. The van der Waals surface area contributed by atoms with Crippen LogP contribution in [0, 0.1) is 0 Å². The molecule has 5 heteroatoms. The molecule has 1 fully saturated rings. The Kier molecular flexibility index (Phi) is 3.57. The Balaban J connectivity index is 1.83. The number of hydrogen-bond acceptors (Lipinski definition) is 5. The molecule has 102 valence electrons. The molecule has 4 nitrogen and oxygen atoms in total. The van der Waals surface area contributed by atoms with Gasteiger partial charge in [-0.1, -0.05) is 11.3 Å². The fourth-order valence-corrected chi connectivity index (χ4v) is 3.53. The molecule has 0 aliphatic carbocycles. The van der Waals surface area contributed by atoms with Crippen LogP contribution in [0.2, 0.25) is 0 Å². The van der Waals surface area contributed by atoms with Crippen molar-refractivity contribution in [1.82, 2.24) is 4.98 Å². The molecular formula is C14H19N3OS. The zero-order valence-corrected chi connectivity index (χ0v) is 11.9. The number of ether oxygens (including phenoxy) is 1. The van der Waals surface area contributed by atoms with Crippen molar-refractivity contribution in [3.8, 4) is 0 Å². The maximum Gasteiger partial charge on any atom is 0.186 e. The van der Waals surface area contributed by atoms with Crippen molar-refractivity contribution in [2.75, 3.05) is 30.3 Å². The topological polar surface area (TPSA) is 51.4 Å². The van der Waals surface area contributed by atoms with Crippen LogP contribution >= 0.6 is 11.3 Å². The molecule has 0 amide bonds. The van der Waals surface area contributed by atoms with E-state index in [4.69, 9.17) is 15.5 Å². The van der Waals surface area contributed by atoms with Crippen LogP contribution < -0.4 is 10.6 Å². The molecule has 1 atom stereocenters. The zero-order valence-electron chi connectivity index (χ0n) is 11.1. The van der Waals surface area contributed by atoms with E-state index >= 15 is 0 Å². The number of nitrogens with two attached hydrogens (primary N) is 1. The van der Waals surface area contributed by atoms with Crippen molar-refractivity contribution in [2.24, 2.45) is 0 Å². The lowest BCUT2D eigenvalue weighted by Crippen LogP contribution is -2.31. The van der Waals surface area contributed by atoms with Crippen LogP contribution in [-0.2, 0) is 4.74 Å². The summed E-state index contributed by atoms with van der Waals surface area (Å²) in [6.45, 7) is 4.95. The van der Waals surface area contributed by atoms with Gasteiger partial charge in [-0.3, -0.25) is 0 Å². The number of aromatic nitrogens is 1. The van der Waals surface area contributed by atoms with Crippen LogP contribution in [0.4, 0.5) is 10.8 Å². The zero-order chi connectivity index (χ0) is 13.2. The van der Waals surface area contributed by atoms with Crippen LogP contribution in [-0.4, -0.2) is 30.8 Å². The number of hydrogen-bond donors (Lipinski definition) is 1. The van der Waals surface area contributed by atoms with E-state index in [-0.39, 0.29) is 0 Å². The molecule has 1 saturated heterocycles. The van der Waals surface area contributed by atoms with Crippen molar-refractivity contribution in [1.29, 1.82) is 0 Å². The number of thiazole rings is 1. The molecular weight excluding hydrogens is 258 g/mol. The highest BCUT2D eigenvalue weighted by Crippen LogP contribution is 2.30. The molecule has 1 aliphatic rings. The number of nitrogen functional groups attached to an aromatic ring is 1. The minimum Gasteiger partial charge on any atom is -0.399 e.